The Morgan fingerprint density at radius 3 is 2.81 bits per heavy atom. The Bertz CT molecular complexity index is 456. The average molecular weight is 291 g/mol. The lowest BCUT2D eigenvalue weighted by molar-refractivity contribution is -0.139. The van der Waals surface area contributed by atoms with Crippen molar-refractivity contribution in [3.8, 4) is 0 Å². The number of nitrogens with one attached hydrogen (secondary N) is 1. The van der Waals surface area contributed by atoms with Gasteiger partial charge in [0.2, 0.25) is 0 Å². The van der Waals surface area contributed by atoms with Gasteiger partial charge in [-0.05, 0) is 19.4 Å². The molecule has 1 fully saturated rings. The molecule has 1 unspecified atom stereocenters. The number of nitrogens with two attached hydrogens (primary N) is 1. The van der Waals surface area contributed by atoms with Gasteiger partial charge in [0.15, 0.2) is 0 Å². The van der Waals surface area contributed by atoms with E-state index >= 15 is 0 Å². The number of carbonyl (C=O) groups excluding carboxylic acids is 1. The van der Waals surface area contributed by atoms with Gasteiger partial charge >= 0.3 is 0 Å². The molecule has 0 radical (unpaired) electrons. The molecule has 5 nitrogen and oxygen atoms in total. The van der Waals surface area contributed by atoms with Crippen molar-refractivity contribution in [2.24, 2.45) is 5.73 Å². The van der Waals surface area contributed by atoms with Crippen LogP contribution in [0.2, 0.25) is 0 Å². The molecule has 1 atom stereocenters. The first kappa shape index (κ1) is 15.9. The first-order valence-corrected chi connectivity index (χ1v) is 7.38. The summed E-state index contributed by atoms with van der Waals surface area (Å²) in [7, 11) is 0. The standard InChI is InChI=1S/C16H25N3O2/c1-16(2,17)12-18-15(20)14-11-19(8-9-21-14)10-13-6-4-3-5-7-13/h3-7,14H,8-12,17H2,1-2H3,(H,18,20). The highest BCUT2D eigenvalue weighted by Crippen LogP contribution is 2.10. The molecule has 3 N–H and O–H groups in total. The van der Waals surface area contributed by atoms with Crippen molar-refractivity contribution in [2.45, 2.75) is 32.0 Å². The van der Waals surface area contributed by atoms with Crippen molar-refractivity contribution < 1.29 is 9.53 Å². The van der Waals surface area contributed by atoms with Gasteiger partial charge in [0.25, 0.3) is 5.91 Å². The van der Waals surface area contributed by atoms with E-state index in [1.165, 1.54) is 5.56 Å². The van der Waals surface area contributed by atoms with Gasteiger partial charge < -0.3 is 15.8 Å². The highest BCUT2D eigenvalue weighted by molar-refractivity contribution is 5.81. The van der Waals surface area contributed by atoms with Crippen LogP contribution in [-0.4, -0.2) is 48.7 Å². The smallest absolute Gasteiger partial charge is 0.250 e. The van der Waals surface area contributed by atoms with Crippen molar-refractivity contribution >= 4 is 5.91 Å². The van der Waals surface area contributed by atoms with Crippen LogP contribution in [-0.2, 0) is 16.1 Å². The van der Waals surface area contributed by atoms with Gasteiger partial charge in [-0.1, -0.05) is 30.3 Å². The van der Waals surface area contributed by atoms with Gasteiger partial charge in [-0.25, -0.2) is 0 Å². The Hall–Kier alpha value is -1.43. The third-order valence-corrected chi connectivity index (χ3v) is 3.41. The number of nitrogens with zero attached hydrogens (tertiary/aromatic N) is 1. The van der Waals surface area contributed by atoms with Crippen LogP contribution in [0, 0.1) is 0 Å². The van der Waals surface area contributed by atoms with Crippen LogP contribution in [0.25, 0.3) is 0 Å². The molecule has 1 aliphatic heterocycles. The van der Waals surface area contributed by atoms with Crippen LogP contribution in [0.3, 0.4) is 0 Å². The monoisotopic (exact) mass is 291 g/mol. The molecule has 1 saturated heterocycles. The molecule has 0 aliphatic carbocycles. The van der Waals surface area contributed by atoms with E-state index < -0.39 is 11.6 Å². The maximum absolute atomic E-state index is 12.1. The number of ether oxygens (including phenoxy) is 1. The third-order valence-electron chi connectivity index (χ3n) is 3.41. The maximum Gasteiger partial charge on any atom is 0.250 e. The van der Waals surface area contributed by atoms with Crippen molar-refractivity contribution in [2.75, 3.05) is 26.2 Å². The van der Waals surface area contributed by atoms with Gasteiger partial charge in [-0.2, -0.15) is 0 Å². The number of morpholine rings is 1. The van der Waals surface area contributed by atoms with Crippen molar-refractivity contribution in [3.05, 3.63) is 35.9 Å². The quantitative estimate of drug-likeness (QED) is 0.840. The minimum absolute atomic E-state index is 0.0775. The van der Waals surface area contributed by atoms with E-state index in [1.54, 1.807) is 0 Å². The normalized spacial score (nSPS) is 20.2. The van der Waals surface area contributed by atoms with Gasteiger partial charge in [0.05, 0.1) is 6.61 Å². The summed E-state index contributed by atoms with van der Waals surface area (Å²) >= 11 is 0. The van der Waals surface area contributed by atoms with Crippen molar-refractivity contribution in [1.29, 1.82) is 0 Å². The summed E-state index contributed by atoms with van der Waals surface area (Å²) in [6, 6.07) is 10.3. The number of hydrogen-bond donors (Lipinski definition) is 2. The molecule has 1 aromatic carbocycles. The molecule has 1 aliphatic rings. The van der Waals surface area contributed by atoms with Crippen LogP contribution >= 0.6 is 0 Å². The Morgan fingerprint density at radius 1 is 1.43 bits per heavy atom. The molecule has 0 bridgehead atoms. The molecule has 1 aromatic rings. The van der Waals surface area contributed by atoms with Crippen LogP contribution in [0.15, 0.2) is 30.3 Å². The fourth-order valence-electron chi connectivity index (χ4n) is 2.28. The summed E-state index contributed by atoms with van der Waals surface area (Å²) in [4.78, 5) is 14.4. The highest BCUT2D eigenvalue weighted by atomic mass is 16.5. The Kier molecular flexibility index (Phi) is 5.33. The summed E-state index contributed by atoms with van der Waals surface area (Å²) in [5, 5.41) is 2.86. The van der Waals surface area contributed by atoms with Gasteiger partial charge in [0.1, 0.15) is 6.10 Å². The zero-order valence-electron chi connectivity index (χ0n) is 12.8. The lowest BCUT2D eigenvalue weighted by Gasteiger charge is -2.32. The van der Waals surface area contributed by atoms with Crippen LogP contribution < -0.4 is 11.1 Å². The van der Waals surface area contributed by atoms with E-state index in [0.717, 1.165) is 13.1 Å². The Labute approximate surface area is 126 Å². The second-order valence-electron chi connectivity index (χ2n) is 6.29. The highest BCUT2D eigenvalue weighted by Gasteiger charge is 2.27. The summed E-state index contributed by atoms with van der Waals surface area (Å²) < 4.78 is 5.58. The summed E-state index contributed by atoms with van der Waals surface area (Å²) in [6.45, 7) is 7.11. The predicted octanol–water partition coefficient (Wildman–Crippen LogP) is 0.741. The number of hydrogen-bond acceptors (Lipinski definition) is 4. The summed E-state index contributed by atoms with van der Waals surface area (Å²) in [5.74, 6) is -0.0775. The number of rotatable bonds is 5. The van der Waals surface area contributed by atoms with E-state index in [0.29, 0.717) is 19.7 Å². The van der Waals surface area contributed by atoms with Gasteiger partial charge in [-0.15, -0.1) is 0 Å². The molecular formula is C16H25N3O2. The minimum Gasteiger partial charge on any atom is -0.366 e. The van der Waals surface area contributed by atoms with E-state index in [-0.39, 0.29) is 5.91 Å². The van der Waals surface area contributed by atoms with E-state index in [4.69, 9.17) is 10.5 Å². The largest absolute Gasteiger partial charge is 0.366 e. The first-order chi connectivity index (χ1) is 9.94. The molecule has 0 saturated carbocycles. The second kappa shape index (κ2) is 7.02. The number of amides is 1. The molecule has 21 heavy (non-hydrogen) atoms. The fraction of sp³-hybridized carbons (Fsp3) is 0.562. The van der Waals surface area contributed by atoms with E-state index in [2.05, 4.69) is 22.3 Å². The fourth-order valence-corrected chi connectivity index (χ4v) is 2.28. The topological polar surface area (TPSA) is 67.6 Å². The zero-order valence-corrected chi connectivity index (χ0v) is 12.8. The van der Waals surface area contributed by atoms with Gasteiger partial charge in [0, 0.05) is 31.7 Å². The lowest BCUT2D eigenvalue weighted by atomic mass is 10.1. The molecule has 0 spiro atoms. The molecule has 2 rings (SSSR count). The first-order valence-electron chi connectivity index (χ1n) is 7.38. The Balaban J connectivity index is 1.84. The summed E-state index contributed by atoms with van der Waals surface area (Å²) in [6.07, 6.45) is -0.412. The van der Waals surface area contributed by atoms with E-state index in [1.807, 2.05) is 32.0 Å². The molecule has 116 valence electrons. The summed E-state index contributed by atoms with van der Waals surface area (Å²) in [5.41, 5.74) is 6.72. The molecule has 1 amide bonds. The lowest BCUT2D eigenvalue weighted by Crippen LogP contribution is -2.53. The third kappa shape index (κ3) is 5.46. The van der Waals surface area contributed by atoms with Crippen molar-refractivity contribution in [1.82, 2.24) is 10.2 Å². The average Bonchev–Trinajstić information content (AvgIpc) is 2.45. The SMILES string of the molecule is CC(C)(N)CNC(=O)C1CN(Cc2ccccc2)CCO1. The molecule has 0 aromatic heterocycles. The Morgan fingerprint density at radius 2 is 2.14 bits per heavy atom. The number of benzene rings is 1. The molecular weight excluding hydrogens is 266 g/mol. The molecule has 5 heteroatoms. The molecule has 1 heterocycles. The van der Waals surface area contributed by atoms with E-state index in [9.17, 15) is 4.79 Å². The van der Waals surface area contributed by atoms with Crippen LogP contribution in [0.5, 0.6) is 0 Å². The van der Waals surface area contributed by atoms with Gasteiger partial charge in [-0.3, -0.25) is 9.69 Å². The van der Waals surface area contributed by atoms with Crippen LogP contribution in [0.1, 0.15) is 19.4 Å². The second-order valence-corrected chi connectivity index (χ2v) is 6.29. The minimum atomic E-state index is -0.412. The maximum atomic E-state index is 12.1. The number of carbonyl (C=O) groups is 1. The van der Waals surface area contributed by atoms with Crippen molar-refractivity contribution in [3.63, 3.8) is 0 Å². The predicted molar refractivity (Wildman–Crippen MR) is 82.7 cm³/mol. The zero-order chi connectivity index (χ0) is 15.3. The van der Waals surface area contributed by atoms with Crippen LogP contribution in [0.4, 0.5) is 0 Å².